The molecule has 0 aliphatic rings. The van der Waals surface area contributed by atoms with Crippen LogP contribution in [0.3, 0.4) is 0 Å². The molecule has 10 heavy (non-hydrogen) atoms. The second-order valence-corrected chi connectivity index (χ2v) is 3.15. The number of hydrogen-bond donors (Lipinski definition) is 1. The molecular weight excluding hydrogens is 155 g/mol. The van der Waals surface area contributed by atoms with Crippen molar-refractivity contribution in [1.82, 2.24) is 0 Å². The van der Waals surface area contributed by atoms with Crippen molar-refractivity contribution in [3.05, 3.63) is 0 Å². The molecule has 1 unspecified atom stereocenters. The molecule has 60 valence electrons. The topological polar surface area (TPSA) is 37.3 Å². The number of thioether (sulfide) groups is 1. The van der Waals surface area contributed by atoms with E-state index in [2.05, 4.69) is 0 Å². The highest BCUT2D eigenvalue weighted by Gasteiger charge is 2.09. The average molecular weight is 166 g/mol. The van der Waals surface area contributed by atoms with Crippen molar-refractivity contribution < 1.29 is 14.3 Å². The lowest BCUT2D eigenvalue weighted by Gasteiger charge is -2.02. The first-order chi connectivity index (χ1) is 4.68. The Balaban J connectivity index is 3.21. The Morgan fingerprint density at radius 3 is 2.80 bits per heavy atom. The number of alkyl halides is 1. The fourth-order valence-electron chi connectivity index (χ4n) is 0.386. The van der Waals surface area contributed by atoms with Gasteiger partial charge in [-0.2, -0.15) is 11.8 Å². The van der Waals surface area contributed by atoms with Crippen LogP contribution in [0.2, 0.25) is 0 Å². The number of halogens is 1. The minimum absolute atomic E-state index is 0.364. The number of hydrogen-bond acceptors (Lipinski definition) is 2. The van der Waals surface area contributed by atoms with Crippen LogP contribution >= 0.6 is 11.8 Å². The van der Waals surface area contributed by atoms with Crippen LogP contribution in [0.1, 0.15) is 6.92 Å². The first kappa shape index (κ1) is 9.75. The number of rotatable bonds is 5. The second kappa shape index (κ2) is 5.53. The summed E-state index contributed by atoms with van der Waals surface area (Å²) in [6.07, 6.45) is 0. The summed E-state index contributed by atoms with van der Waals surface area (Å²) in [5.41, 5.74) is 0. The highest BCUT2D eigenvalue weighted by atomic mass is 32.2. The SMILES string of the molecule is CC(CSCCF)C(=O)O. The van der Waals surface area contributed by atoms with E-state index < -0.39 is 5.97 Å². The maximum atomic E-state index is 11.5. The number of aliphatic carboxylic acids is 1. The third kappa shape index (κ3) is 4.61. The van der Waals surface area contributed by atoms with Gasteiger partial charge in [-0.15, -0.1) is 0 Å². The molecule has 0 heterocycles. The van der Waals surface area contributed by atoms with Crippen LogP contribution in [-0.2, 0) is 4.79 Å². The van der Waals surface area contributed by atoms with Gasteiger partial charge in [-0.25, -0.2) is 0 Å². The van der Waals surface area contributed by atoms with Crippen LogP contribution in [0.15, 0.2) is 0 Å². The zero-order valence-corrected chi connectivity index (χ0v) is 6.66. The molecule has 0 aromatic carbocycles. The zero-order valence-electron chi connectivity index (χ0n) is 5.84. The summed E-state index contributed by atoms with van der Waals surface area (Å²) in [6, 6.07) is 0. The summed E-state index contributed by atoms with van der Waals surface area (Å²) in [5, 5.41) is 8.37. The standard InChI is InChI=1S/C6H11FO2S/c1-5(6(8)9)4-10-3-2-7/h5H,2-4H2,1H3,(H,8,9). The van der Waals surface area contributed by atoms with E-state index in [1.165, 1.54) is 11.8 Å². The molecule has 0 saturated carbocycles. The molecule has 0 radical (unpaired) electrons. The van der Waals surface area contributed by atoms with Gasteiger partial charge in [0.05, 0.1) is 12.6 Å². The van der Waals surface area contributed by atoms with E-state index >= 15 is 0 Å². The second-order valence-electron chi connectivity index (χ2n) is 2.00. The smallest absolute Gasteiger partial charge is 0.307 e. The predicted molar refractivity (Wildman–Crippen MR) is 40.1 cm³/mol. The molecule has 0 aromatic heterocycles. The van der Waals surface area contributed by atoms with Gasteiger partial charge in [-0.3, -0.25) is 9.18 Å². The van der Waals surface area contributed by atoms with E-state index in [0.717, 1.165) is 0 Å². The molecule has 0 amide bonds. The fourth-order valence-corrected chi connectivity index (χ4v) is 1.16. The zero-order chi connectivity index (χ0) is 7.98. The Hall–Kier alpha value is -0.250. The molecular formula is C6H11FO2S. The minimum Gasteiger partial charge on any atom is -0.481 e. The predicted octanol–water partition coefficient (Wildman–Crippen LogP) is 1.41. The largest absolute Gasteiger partial charge is 0.481 e. The molecule has 0 aliphatic heterocycles. The van der Waals surface area contributed by atoms with Crippen molar-refractivity contribution in [2.45, 2.75) is 6.92 Å². The van der Waals surface area contributed by atoms with Crippen molar-refractivity contribution in [3.63, 3.8) is 0 Å². The van der Waals surface area contributed by atoms with Crippen LogP contribution in [0.25, 0.3) is 0 Å². The van der Waals surface area contributed by atoms with Gasteiger partial charge in [0.25, 0.3) is 0 Å². The monoisotopic (exact) mass is 166 g/mol. The highest BCUT2D eigenvalue weighted by Crippen LogP contribution is 2.07. The molecule has 0 fully saturated rings. The Bertz CT molecular complexity index is 108. The molecule has 0 saturated heterocycles. The summed E-state index contributed by atoms with van der Waals surface area (Å²) in [7, 11) is 0. The highest BCUT2D eigenvalue weighted by molar-refractivity contribution is 7.99. The summed E-state index contributed by atoms with van der Waals surface area (Å²) in [6.45, 7) is 1.24. The number of carboxylic acids is 1. The molecule has 0 aliphatic carbocycles. The minimum atomic E-state index is -0.814. The first-order valence-electron chi connectivity index (χ1n) is 3.05. The number of carboxylic acid groups (broad SMARTS) is 1. The molecule has 1 atom stereocenters. The van der Waals surface area contributed by atoms with Crippen molar-refractivity contribution in [2.24, 2.45) is 5.92 Å². The van der Waals surface area contributed by atoms with Crippen LogP contribution in [0, 0.1) is 5.92 Å². The molecule has 0 bridgehead atoms. The van der Waals surface area contributed by atoms with Crippen molar-refractivity contribution in [1.29, 1.82) is 0 Å². The van der Waals surface area contributed by atoms with Crippen LogP contribution in [0.5, 0.6) is 0 Å². The molecule has 0 spiro atoms. The normalized spacial score (nSPS) is 13.0. The van der Waals surface area contributed by atoms with E-state index in [1.807, 2.05) is 0 Å². The van der Waals surface area contributed by atoms with Crippen molar-refractivity contribution >= 4 is 17.7 Å². The molecule has 4 heteroatoms. The Morgan fingerprint density at radius 2 is 2.40 bits per heavy atom. The molecule has 1 N–H and O–H groups in total. The van der Waals surface area contributed by atoms with Crippen LogP contribution in [-0.4, -0.2) is 29.3 Å². The quantitative estimate of drug-likeness (QED) is 0.627. The summed E-state index contributed by atoms with van der Waals surface area (Å²) < 4.78 is 11.5. The van der Waals surface area contributed by atoms with Gasteiger partial charge in [0, 0.05) is 11.5 Å². The lowest BCUT2D eigenvalue weighted by Crippen LogP contribution is -2.12. The van der Waals surface area contributed by atoms with Gasteiger partial charge in [0.15, 0.2) is 0 Å². The molecule has 2 nitrogen and oxygen atoms in total. The van der Waals surface area contributed by atoms with Gasteiger partial charge in [0.1, 0.15) is 0 Å². The molecule has 0 rings (SSSR count). The van der Waals surface area contributed by atoms with Gasteiger partial charge >= 0.3 is 5.97 Å². The van der Waals surface area contributed by atoms with Crippen LogP contribution in [0.4, 0.5) is 4.39 Å². The third-order valence-corrected chi connectivity index (χ3v) is 2.19. The van der Waals surface area contributed by atoms with Gasteiger partial charge in [-0.05, 0) is 0 Å². The van der Waals surface area contributed by atoms with Crippen LogP contribution < -0.4 is 0 Å². The number of carbonyl (C=O) groups is 1. The summed E-state index contributed by atoms with van der Waals surface area (Å²) >= 11 is 1.33. The van der Waals surface area contributed by atoms with Crippen molar-refractivity contribution in [3.8, 4) is 0 Å². The van der Waals surface area contributed by atoms with E-state index in [4.69, 9.17) is 5.11 Å². The van der Waals surface area contributed by atoms with Gasteiger partial charge in [-0.1, -0.05) is 6.92 Å². The summed E-state index contributed by atoms with van der Waals surface area (Å²) in [5.74, 6) is -0.278. The Morgan fingerprint density at radius 1 is 1.80 bits per heavy atom. The fraction of sp³-hybridized carbons (Fsp3) is 0.833. The maximum absolute atomic E-state index is 11.5. The van der Waals surface area contributed by atoms with E-state index in [9.17, 15) is 9.18 Å². The van der Waals surface area contributed by atoms with E-state index in [-0.39, 0.29) is 12.6 Å². The Labute approximate surface area is 63.8 Å². The van der Waals surface area contributed by atoms with Gasteiger partial charge < -0.3 is 5.11 Å². The lowest BCUT2D eigenvalue weighted by molar-refractivity contribution is -0.140. The lowest BCUT2D eigenvalue weighted by atomic mass is 10.2. The van der Waals surface area contributed by atoms with E-state index in [1.54, 1.807) is 6.92 Å². The van der Waals surface area contributed by atoms with E-state index in [0.29, 0.717) is 11.5 Å². The summed E-state index contributed by atoms with van der Waals surface area (Å²) in [4.78, 5) is 10.2. The Kier molecular flexibility index (Phi) is 5.39. The average Bonchev–Trinajstić information content (AvgIpc) is 1.88. The van der Waals surface area contributed by atoms with Gasteiger partial charge in [0.2, 0.25) is 0 Å². The third-order valence-electron chi connectivity index (χ3n) is 1.01. The first-order valence-corrected chi connectivity index (χ1v) is 4.20. The van der Waals surface area contributed by atoms with Crippen molar-refractivity contribution in [2.75, 3.05) is 18.2 Å². The maximum Gasteiger partial charge on any atom is 0.307 e. The molecule has 0 aromatic rings.